The third kappa shape index (κ3) is 5.88. The molecular formula is C27H25Cl3N4O. The summed E-state index contributed by atoms with van der Waals surface area (Å²) in [6.45, 7) is 2.65. The summed E-state index contributed by atoms with van der Waals surface area (Å²) in [5.74, 6) is 0.419. The highest BCUT2D eigenvalue weighted by atomic mass is 35.5. The van der Waals surface area contributed by atoms with E-state index >= 15 is 0 Å². The van der Waals surface area contributed by atoms with Crippen LogP contribution in [0, 0.1) is 0 Å². The topological polar surface area (TPSA) is 50.2 Å². The summed E-state index contributed by atoms with van der Waals surface area (Å²) in [6.07, 6.45) is 2.67. The van der Waals surface area contributed by atoms with Gasteiger partial charge in [0.15, 0.2) is 0 Å². The summed E-state index contributed by atoms with van der Waals surface area (Å²) >= 11 is 12.6. The highest BCUT2D eigenvalue weighted by molar-refractivity contribution is 6.33. The Morgan fingerprint density at radius 2 is 1.69 bits per heavy atom. The molecule has 2 heterocycles. The van der Waals surface area contributed by atoms with Crippen molar-refractivity contribution >= 4 is 41.5 Å². The van der Waals surface area contributed by atoms with E-state index in [1.807, 2.05) is 59.2 Å². The molecule has 8 heteroatoms. The van der Waals surface area contributed by atoms with Crippen LogP contribution in [0.5, 0.6) is 0 Å². The van der Waals surface area contributed by atoms with Crippen molar-refractivity contribution in [2.24, 2.45) is 0 Å². The first-order chi connectivity index (χ1) is 16.6. The molecule has 1 N–H and O–H groups in total. The Morgan fingerprint density at radius 1 is 0.971 bits per heavy atom. The zero-order valence-corrected chi connectivity index (χ0v) is 21.2. The van der Waals surface area contributed by atoms with Gasteiger partial charge in [-0.05, 0) is 48.4 Å². The van der Waals surface area contributed by atoms with Crippen LogP contribution in [-0.4, -0.2) is 39.5 Å². The Kier molecular flexibility index (Phi) is 8.14. The molecule has 1 unspecified atom stereocenters. The normalized spacial score (nSPS) is 15.5. The Labute approximate surface area is 221 Å². The van der Waals surface area contributed by atoms with Gasteiger partial charge in [-0.1, -0.05) is 65.7 Å². The van der Waals surface area contributed by atoms with Gasteiger partial charge in [0.05, 0.1) is 5.02 Å². The van der Waals surface area contributed by atoms with Crippen LogP contribution < -0.4 is 5.32 Å². The van der Waals surface area contributed by atoms with E-state index in [2.05, 4.69) is 39.5 Å². The largest absolute Gasteiger partial charge is 0.347 e. The number of imidazole rings is 1. The van der Waals surface area contributed by atoms with E-state index in [-0.39, 0.29) is 24.4 Å². The lowest BCUT2D eigenvalue weighted by Crippen LogP contribution is -2.37. The lowest BCUT2D eigenvalue weighted by atomic mass is 10.2. The number of rotatable bonds is 6. The fourth-order valence-corrected chi connectivity index (χ4v) is 4.66. The molecule has 1 aliphatic rings. The van der Waals surface area contributed by atoms with Gasteiger partial charge in [0.25, 0.3) is 5.91 Å². The van der Waals surface area contributed by atoms with Crippen LogP contribution >= 0.6 is 35.6 Å². The first-order valence-electron chi connectivity index (χ1n) is 11.2. The van der Waals surface area contributed by atoms with Gasteiger partial charge >= 0.3 is 0 Å². The summed E-state index contributed by atoms with van der Waals surface area (Å²) < 4.78 is 1.88. The Hall–Kier alpha value is -2.83. The summed E-state index contributed by atoms with van der Waals surface area (Å²) in [4.78, 5) is 20.2. The zero-order valence-electron chi connectivity index (χ0n) is 18.9. The predicted octanol–water partition coefficient (Wildman–Crippen LogP) is 6.27. The number of aromatic nitrogens is 2. The number of carbonyl (C=O) groups is 1. The van der Waals surface area contributed by atoms with E-state index in [0.717, 1.165) is 37.3 Å². The van der Waals surface area contributed by atoms with Gasteiger partial charge in [0.2, 0.25) is 0 Å². The molecule has 0 bridgehead atoms. The number of halogens is 3. The number of nitrogens with zero attached hydrogens (tertiary/aromatic N) is 3. The first kappa shape index (κ1) is 25.3. The number of likely N-dealkylation sites (tertiary alicyclic amines) is 1. The number of benzene rings is 3. The van der Waals surface area contributed by atoms with Crippen LogP contribution in [-0.2, 0) is 6.54 Å². The summed E-state index contributed by atoms with van der Waals surface area (Å²) in [5.41, 5.74) is 3.24. The van der Waals surface area contributed by atoms with E-state index in [0.29, 0.717) is 21.6 Å². The van der Waals surface area contributed by atoms with Crippen LogP contribution in [0.25, 0.3) is 17.1 Å². The highest BCUT2D eigenvalue weighted by Crippen LogP contribution is 2.29. The van der Waals surface area contributed by atoms with Crippen LogP contribution in [0.2, 0.25) is 10.0 Å². The maximum Gasteiger partial charge on any atom is 0.271 e. The Balaban J connectivity index is 0.00000289. The quantitative estimate of drug-likeness (QED) is 0.321. The van der Waals surface area contributed by atoms with E-state index in [1.54, 1.807) is 6.20 Å². The molecule has 5 nitrogen and oxygen atoms in total. The molecule has 0 aliphatic carbocycles. The van der Waals surface area contributed by atoms with Crippen molar-refractivity contribution < 1.29 is 4.79 Å². The molecule has 3 aromatic carbocycles. The second-order valence-corrected chi connectivity index (χ2v) is 9.30. The molecule has 0 radical (unpaired) electrons. The van der Waals surface area contributed by atoms with Gasteiger partial charge in [-0.2, -0.15) is 0 Å². The third-order valence-electron chi connectivity index (χ3n) is 6.01. The fourth-order valence-electron chi connectivity index (χ4n) is 4.32. The van der Waals surface area contributed by atoms with Crippen LogP contribution in [0.3, 0.4) is 0 Å². The molecule has 0 spiro atoms. The predicted molar refractivity (Wildman–Crippen MR) is 144 cm³/mol. The minimum atomic E-state index is -0.187. The molecule has 180 valence electrons. The van der Waals surface area contributed by atoms with Crippen molar-refractivity contribution in [3.8, 4) is 17.1 Å². The molecule has 1 aliphatic heterocycles. The van der Waals surface area contributed by atoms with Crippen molar-refractivity contribution in [2.45, 2.75) is 19.0 Å². The van der Waals surface area contributed by atoms with Crippen LogP contribution in [0.1, 0.15) is 22.5 Å². The molecule has 5 rings (SSSR count). The summed E-state index contributed by atoms with van der Waals surface area (Å²) in [5, 5.41) is 4.38. The minimum Gasteiger partial charge on any atom is -0.347 e. The van der Waals surface area contributed by atoms with Crippen molar-refractivity contribution in [1.29, 1.82) is 0 Å². The van der Waals surface area contributed by atoms with Crippen molar-refractivity contribution in [2.75, 3.05) is 13.1 Å². The summed E-state index contributed by atoms with van der Waals surface area (Å²) in [7, 11) is 0. The van der Waals surface area contributed by atoms with Gasteiger partial charge in [0.1, 0.15) is 11.5 Å². The maximum atomic E-state index is 13.2. The van der Waals surface area contributed by atoms with Crippen molar-refractivity contribution in [3.05, 3.63) is 106 Å². The highest BCUT2D eigenvalue weighted by Gasteiger charge is 2.26. The van der Waals surface area contributed by atoms with Gasteiger partial charge < -0.3 is 5.32 Å². The average Bonchev–Trinajstić information content (AvgIpc) is 3.48. The second-order valence-electron chi connectivity index (χ2n) is 8.46. The van der Waals surface area contributed by atoms with E-state index < -0.39 is 0 Å². The monoisotopic (exact) mass is 526 g/mol. The number of nitrogens with one attached hydrogen (secondary N) is 1. The standard InChI is InChI=1S/C27H24Cl2N4O.ClH/c28-20-10-12-22(13-11-20)33-18-25(31-26(33)23-8-4-5-9-24(23)29)27(34)30-21-14-15-32(17-21)16-19-6-2-1-3-7-19;/h1-13,18,21H,14-17H2,(H,30,34);1H. The number of hydrogen-bond donors (Lipinski definition) is 1. The number of hydrogen-bond acceptors (Lipinski definition) is 3. The fraction of sp³-hybridized carbons (Fsp3) is 0.185. The zero-order chi connectivity index (χ0) is 23.5. The first-order valence-corrected chi connectivity index (χ1v) is 12.0. The second kappa shape index (κ2) is 11.3. The lowest BCUT2D eigenvalue weighted by molar-refractivity contribution is 0.0933. The van der Waals surface area contributed by atoms with Gasteiger partial charge in [-0.3, -0.25) is 14.3 Å². The Bertz CT molecular complexity index is 1290. The SMILES string of the molecule is Cl.O=C(NC1CCN(Cc2ccccc2)C1)c1cn(-c2ccc(Cl)cc2)c(-c2ccccc2Cl)n1. The van der Waals surface area contributed by atoms with Crippen LogP contribution in [0.15, 0.2) is 85.1 Å². The third-order valence-corrected chi connectivity index (χ3v) is 6.60. The average molecular weight is 528 g/mol. The minimum absolute atomic E-state index is 0. The van der Waals surface area contributed by atoms with E-state index in [1.165, 1.54) is 5.56 Å². The number of amides is 1. The van der Waals surface area contributed by atoms with Gasteiger partial charge in [0, 0.05) is 48.1 Å². The van der Waals surface area contributed by atoms with Crippen LogP contribution in [0.4, 0.5) is 0 Å². The molecule has 35 heavy (non-hydrogen) atoms. The molecule has 1 aromatic heterocycles. The molecule has 1 atom stereocenters. The van der Waals surface area contributed by atoms with E-state index in [9.17, 15) is 4.79 Å². The molecule has 0 saturated carbocycles. The van der Waals surface area contributed by atoms with Crippen molar-refractivity contribution in [3.63, 3.8) is 0 Å². The van der Waals surface area contributed by atoms with Crippen molar-refractivity contribution in [1.82, 2.24) is 19.8 Å². The summed E-state index contributed by atoms with van der Waals surface area (Å²) in [6, 6.07) is 25.4. The smallest absolute Gasteiger partial charge is 0.271 e. The van der Waals surface area contributed by atoms with E-state index in [4.69, 9.17) is 23.2 Å². The number of carbonyl (C=O) groups excluding carboxylic acids is 1. The molecular weight excluding hydrogens is 503 g/mol. The molecule has 1 amide bonds. The van der Waals surface area contributed by atoms with Gasteiger partial charge in [-0.25, -0.2) is 4.98 Å². The lowest BCUT2D eigenvalue weighted by Gasteiger charge is -2.16. The van der Waals surface area contributed by atoms with Gasteiger partial charge in [-0.15, -0.1) is 12.4 Å². The molecule has 1 fully saturated rings. The molecule has 4 aromatic rings. The maximum absolute atomic E-state index is 13.2. The molecule has 1 saturated heterocycles. The Morgan fingerprint density at radius 3 is 2.43 bits per heavy atom.